The lowest BCUT2D eigenvalue weighted by atomic mass is 10.2. The molecule has 2 unspecified atom stereocenters. The summed E-state index contributed by atoms with van der Waals surface area (Å²) in [5.41, 5.74) is 5.14. The Kier molecular flexibility index (Phi) is 3.92. The minimum atomic E-state index is -0.348. The molecule has 5 heteroatoms. The normalized spacial score (nSPS) is 15.1. The van der Waals surface area contributed by atoms with Gasteiger partial charge in [0, 0.05) is 10.9 Å². The van der Waals surface area contributed by atoms with Crippen LogP contribution in [0.1, 0.15) is 24.8 Å². The van der Waals surface area contributed by atoms with Crippen LogP contribution < -0.4 is 11.1 Å². The number of thiophene rings is 1. The number of halogens is 1. The number of amides is 1. The van der Waals surface area contributed by atoms with Crippen molar-refractivity contribution in [1.29, 1.82) is 0 Å². The number of carbonyl (C=O) groups is 1. The van der Waals surface area contributed by atoms with E-state index in [2.05, 4.69) is 5.32 Å². The summed E-state index contributed by atoms with van der Waals surface area (Å²) in [5.74, 6) is -0.348. The van der Waals surface area contributed by atoms with Gasteiger partial charge in [0.1, 0.15) is 0 Å². The molecule has 3 N–H and O–H groups in total. The van der Waals surface area contributed by atoms with Crippen LogP contribution in [0.5, 0.6) is 0 Å². The molecule has 2 atom stereocenters. The molecule has 14 heavy (non-hydrogen) atoms. The van der Waals surface area contributed by atoms with E-state index >= 15 is 0 Å². The van der Waals surface area contributed by atoms with E-state index in [1.54, 1.807) is 6.92 Å². The maximum atomic E-state index is 10.8. The van der Waals surface area contributed by atoms with Gasteiger partial charge in [-0.05, 0) is 26.0 Å². The molecule has 0 bridgehead atoms. The highest BCUT2D eigenvalue weighted by Crippen LogP contribution is 2.26. The summed E-state index contributed by atoms with van der Waals surface area (Å²) < 4.78 is 0.750. The number of hydrogen-bond donors (Lipinski definition) is 2. The van der Waals surface area contributed by atoms with Crippen LogP contribution >= 0.6 is 22.9 Å². The molecule has 0 saturated carbocycles. The number of nitrogens with two attached hydrogens (primary N) is 1. The Hall–Kier alpha value is -0.580. The smallest absolute Gasteiger partial charge is 0.234 e. The van der Waals surface area contributed by atoms with Crippen molar-refractivity contribution in [3.63, 3.8) is 0 Å². The molecule has 0 fully saturated rings. The Morgan fingerprint density at radius 1 is 1.57 bits per heavy atom. The van der Waals surface area contributed by atoms with Gasteiger partial charge in [0.05, 0.1) is 10.4 Å². The Morgan fingerprint density at radius 3 is 2.64 bits per heavy atom. The van der Waals surface area contributed by atoms with Gasteiger partial charge in [-0.1, -0.05) is 11.6 Å². The number of hydrogen-bond acceptors (Lipinski definition) is 3. The molecular formula is C9H13ClN2OS. The predicted octanol–water partition coefficient (Wildman–Crippen LogP) is 1.93. The lowest BCUT2D eigenvalue weighted by molar-refractivity contribution is -0.119. The maximum absolute atomic E-state index is 10.8. The number of rotatable bonds is 4. The first kappa shape index (κ1) is 11.5. The van der Waals surface area contributed by atoms with Crippen LogP contribution in [0, 0.1) is 0 Å². The zero-order valence-electron chi connectivity index (χ0n) is 8.08. The molecule has 1 amide bonds. The van der Waals surface area contributed by atoms with Gasteiger partial charge in [0.2, 0.25) is 5.91 Å². The van der Waals surface area contributed by atoms with Crippen LogP contribution in [0.25, 0.3) is 0 Å². The van der Waals surface area contributed by atoms with Gasteiger partial charge in [0.25, 0.3) is 0 Å². The molecule has 1 rings (SSSR count). The maximum Gasteiger partial charge on any atom is 0.234 e. The molecule has 0 saturated heterocycles. The average Bonchev–Trinajstić information content (AvgIpc) is 2.51. The van der Waals surface area contributed by atoms with E-state index in [0.717, 1.165) is 9.21 Å². The van der Waals surface area contributed by atoms with Gasteiger partial charge in [-0.3, -0.25) is 10.1 Å². The van der Waals surface area contributed by atoms with Crippen molar-refractivity contribution in [3.8, 4) is 0 Å². The Balaban J connectivity index is 2.58. The van der Waals surface area contributed by atoms with Crippen molar-refractivity contribution in [2.45, 2.75) is 25.9 Å². The molecule has 0 aromatic carbocycles. The van der Waals surface area contributed by atoms with E-state index in [4.69, 9.17) is 17.3 Å². The Morgan fingerprint density at radius 2 is 2.21 bits per heavy atom. The van der Waals surface area contributed by atoms with Crippen LogP contribution in [0.2, 0.25) is 4.34 Å². The van der Waals surface area contributed by atoms with Crippen molar-refractivity contribution < 1.29 is 4.79 Å². The van der Waals surface area contributed by atoms with Crippen LogP contribution in [-0.4, -0.2) is 11.9 Å². The van der Waals surface area contributed by atoms with E-state index in [0.29, 0.717) is 0 Å². The quantitative estimate of drug-likeness (QED) is 0.834. The molecule has 0 radical (unpaired) electrons. The highest BCUT2D eigenvalue weighted by Gasteiger charge is 2.14. The molecular weight excluding hydrogens is 220 g/mol. The second-order valence-corrected chi connectivity index (χ2v) is 4.90. The highest BCUT2D eigenvalue weighted by molar-refractivity contribution is 7.16. The fraction of sp³-hybridized carbons (Fsp3) is 0.444. The number of nitrogens with one attached hydrogen (secondary N) is 1. The van der Waals surface area contributed by atoms with E-state index in [9.17, 15) is 4.79 Å². The van der Waals surface area contributed by atoms with Crippen LogP contribution in [0.4, 0.5) is 0 Å². The first-order valence-corrected chi connectivity index (χ1v) is 5.50. The van der Waals surface area contributed by atoms with Crippen molar-refractivity contribution in [2.75, 3.05) is 0 Å². The number of primary amides is 1. The third-order valence-electron chi connectivity index (χ3n) is 1.95. The molecule has 0 aliphatic carbocycles. The molecule has 78 valence electrons. The standard InChI is InChI=1S/C9H13ClN2OS/c1-5(12-6(2)9(11)13)7-3-4-8(10)14-7/h3-6,12H,1-2H3,(H2,11,13). The molecule has 1 aromatic rings. The molecule has 3 nitrogen and oxygen atoms in total. The SMILES string of the molecule is CC(NC(C)c1ccc(Cl)s1)C(N)=O. The van der Waals surface area contributed by atoms with E-state index < -0.39 is 0 Å². The van der Waals surface area contributed by atoms with Crippen molar-refractivity contribution in [1.82, 2.24) is 5.32 Å². The fourth-order valence-corrected chi connectivity index (χ4v) is 2.17. The van der Waals surface area contributed by atoms with Crippen molar-refractivity contribution >= 4 is 28.8 Å². The highest BCUT2D eigenvalue weighted by atomic mass is 35.5. The monoisotopic (exact) mass is 232 g/mol. The molecule has 1 aromatic heterocycles. The van der Waals surface area contributed by atoms with Crippen LogP contribution in [0.15, 0.2) is 12.1 Å². The minimum Gasteiger partial charge on any atom is -0.368 e. The van der Waals surface area contributed by atoms with E-state index in [-0.39, 0.29) is 18.0 Å². The molecule has 0 spiro atoms. The average molecular weight is 233 g/mol. The largest absolute Gasteiger partial charge is 0.368 e. The van der Waals surface area contributed by atoms with Gasteiger partial charge in [-0.2, -0.15) is 0 Å². The van der Waals surface area contributed by atoms with Crippen LogP contribution in [0.3, 0.4) is 0 Å². The number of carbonyl (C=O) groups excluding carboxylic acids is 1. The summed E-state index contributed by atoms with van der Waals surface area (Å²) in [4.78, 5) is 11.9. The lowest BCUT2D eigenvalue weighted by Gasteiger charge is -2.15. The third kappa shape index (κ3) is 2.97. The van der Waals surface area contributed by atoms with Gasteiger partial charge < -0.3 is 5.73 Å². The summed E-state index contributed by atoms with van der Waals surface area (Å²) in [6, 6.07) is 3.55. The van der Waals surface area contributed by atoms with Gasteiger partial charge in [0.15, 0.2) is 0 Å². The summed E-state index contributed by atoms with van der Waals surface area (Å²) in [5, 5.41) is 3.09. The van der Waals surface area contributed by atoms with E-state index in [1.807, 2.05) is 19.1 Å². The lowest BCUT2D eigenvalue weighted by Crippen LogP contribution is -2.39. The zero-order chi connectivity index (χ0) is 10.7. The van der Waals surface area contributed by atoms with E-state index in [1.165, 1.54) is 11.3 Å². The summed E-state index contributed by atoms with van der Waals surface area (Å²) in [7, 11) is 0. The summed E-state index contributed by atoms with van der Waals surface area (Å²) in [6.07, 6.45) is 0. The predicted molar refractivity (Wildman–Crippen MR) is 59.5 cm³/mol. The zero-order valence-corrected chi connectivity index (χ0v) is 9.65. The topological polar surface area (TPSA) is 55.1 Å². The minimum absolute atomic E-state index is 0.0926. The molecule has 0 aliphatic heterocycles. The first-order chi connectivity index (χ1) is 6.50. The van der Waals surface area contributed by atoms with Gasteiger partial charge in [-0.15, -0.1) is 11.3 Å². The Labute approximate surface area is 92.3 Å². The second-order valence-electron chi connectivity index (χ2n) is 3.15. The second kappa shape index (κ2) is 4.77. The van der Waals surface area contributed by atoms with Gasteiger partial charge in [-0.25, -0.2) is 0 Å². The summed E-state index contributed by atoms with van der Waals surface area (Å²) in [6.45, 7) is 3.72. The fourth-order valence-electron chi connectivity index (χ4n) is 1.10. The van der Waals surface area contributed by atoms with Crippen molar-refractivity contribution in [3.05, 3.63) is 21.3 Å². The Bertz CT molecular complexity index is 326. The van der Waals surface area contributed by atoms with Crippen molar-refractivity contribution in [2.24, 2.45) is 5.73 Å². The molecule has 0 aliphatic rings. The third-order valence-corrected chi connectivity index (χ3v) is 3.36. The molecule has 1 heterocycles. The first-order valence-electron chi connectivity index (χ1n) is 4.31. The summed E-state index contributed by atoms with van der Waals surface area (Å²) >= 11 is 7.30. The van der Waals surface area contributed by atoms with Crippen LogP contribution in [-0.2, 0) is 4.79 Å². The van der Waals surface area contributed by atoms with Gasteiger partial charge >= 0.3 is 0 Å².